The third-order valence-corrected chi connectivity index (χ3v) is 2.09. The van der Waals surface area contributed by atoms with Crippen LogP contribution < -0.4 is 5.43 Å². The Labute approximate surface area is 97.1 Å². The number of halogens is 1. The van der Waals surface area contributed by atoms with E-state index in [4.69, 9.17) is 0 Å². The quantitative estimate of drug-likeness (QED) is 0.516. The van der Waals surface area contributed by atoms with Gasteiger partial charge in [0, 0.05) is 24.1 Å². The molecule has 1 N–H and O–H groups in total. The van der Waals surface area contributed by atoms with Gasteiger partial charge in [-0.3, -0.25) is 4.79 Å². The Morgan fingerprint density at radius 1 is 1.40 bits per heavy atom. The monoisotopic (exact) mass is 269 g/mol. The van der Waals surface area contributed by atoms with Crippen LogP contribution in [0.3, 0.4) is 0 Å². The first-order valence-corrected chi connectivity index (χ1v) is 5.14. The maximum atomic E-state index is 11.5. The summed E-state index contributed by atoms with van der Waals surface area (Å²) >= 11 is 3.30. The predicted octanol–water partition coefficient (Wildman–Crippen LogP) is 1.68. The van der Waals surface area contributed by atoms with Crippen molar-refractivity contribution in [3.63, 3.8) is 0 Å². The first kappa shape index (κ1) is 11.7. The maximum absolute atomic E-state index is 11.5. The van der Waals surface area contributed by atoms with E-state index in [1.165, 1.54) is 6.34 Å². The van der Waals surface area contributed by atoms with Crippen LogP contribution in [0.25, 0.3) is 0 Å². The van der Waals surface area contributed by atoms with E-state index in [0.717, 1.165) is 4.47 Å². The lowest BCUT2D eigenvalue weighted by Gasteiger charge is -2.03. The maximum Gasteiger partial charge on any atom is 0.271 e. The zero-order valence-corrected chi connectivity index (χ0v) is 10.2. The minimum atomic E-state index is -0.222. The van der Waals surface area contributed by atoms with E-state index >= 15 is 0 Å². The molecule has 1 aromatic rings. The van der Waals surface area contributed by atoms with Crippen LogP contribution >= 0.6 is 15.9 Å². The molecule has 0 spiro atoms. The van der Waals surface area contributed by atoms with Crippen molar-refractivity contribution in [3.8, 4) is 0 Å². The van der Waals surface area contributed by atoms with E-state index in [2.05, 4.69) is 26.5 Å². The van der Waals surface area contributed by atoms with Crippen molar-refractivity contribution >= 4 is 28.2 Å². The average molecular weight is 270 g/mol. The molecule has 15 heavy (non-hydrogen) atoms. The summed E-state index contributed by atoms with van der Waals surface area (Å²) in [5.74, 6) is -0.222. The summed E-state index contributed by atoms with van der Waals surface area (Å²) in [6.45, 7) is 0. The van der Waals surface area contributed by atoms with Gasteiger partial charge in [0.15, 0.2) is 0 Å². The topological polar surface area (TPSA) is 44.7 Å². The number of benzene rings is 1. The van der Waals surface area contributed by atoms with Crippen molar-refractivity contribution in [2.45, 2.75) is 0 Å². The summed E-state index contributed by atoms with van der Waals surface area (Å²) in [6.07, 6.45) is 1.52. The number of hydrogen-bond acceptors (Lipinski definition) is 2. The number of nitrogens with one attached hydrogen (secondary N) is 1. The number of hydrazone groups is 1. The highest BCUT2D eigenvalue weighted by Gasteiger charge is 2.02. The second-order valence-electron chi connectivity index (χ2n) is 3.16. The fourth-order valence-electron chi connectivity index (χ4n) is 0.869. The highest BCUT2D eigenvalue weighted by Crippen LogP contribution is 2.10. The first-order valence-electron chi connectivity index (χ1n) is 4.35. The molecular weight excluding hydrogens is 258 g/mol. The van der Waals surface area contributed by atoms with Gasteiger partial charge in [-0.25, -0.2) is 5.43 Å². The minimum Gasteiger partial charge on any atom is -0.367 e. The van der Waals surface area contributed by atoms with Gasteiger partial charge < -0.3 is 4.90 Å². The Morgan fingerprint density at radius 3 is 2.53 bits per heavy atom. The lowest BCUT2D eigenvalue weighted by Crippen LogP contribution is -2.20. The molecule has 0 radical (unpaired) electrons. The Morgan fingerprint density at radius 2 is 2.00 bits per heavy atom. The van der Waals surface area contributed by atoms with E-state index in [0.29, 0.717) is 5.56 Å². The molecule has 0 saturated carbocycles. The van der Waals surface area contributed by atoms with Crippen molar-refractivity contribution in [1.29, 1.82) is 0 Å². The highest BCUT2D eigenvalue weighted by atomic mass is 79.9. The van der Waals surface area contributed by atoms with E-state index < -0.39 is 0 Å². The molecule has 1 aromatic carbocycles. The number of hydrogen-bond donors (Lipinski definition) is 1. The summed E-state index contributed by atoms with van der Waals surface area (Å²) in [4.78, 5) is 13.2. The Hall–Kier alpha value is -1.36. The average Bonchev–Trinajstić information content (AvgIpc) is 2.18. The molecule has 0 unspecified atom stereocenters. The van der Waals surface area contributed by atoms with Gasteiger partial charge in [-0.1, -0.05) is 15.9 Å². The number of carbonyl (C=O) groups is 1. The van der Waals surface area contributed by atoms with E-state index in [1.807, 2.05) is 26.2 Å². The molecule has 0 atom stereocenters. The van der Waals surface area contributed by atoms with Crippen LogP contribution in [0.1, 0.15) is 10.4 Å². The summed E-state index contributed by atoms with van der Waals surface area (Å²) in [7, 11) is 3.66. The van der Waals surface area contributed by atoms with Crippen LogP contribution in [0.5, 0.6) is 0 Å². The second-order valence-corrected chi connectivity index (χ2v) is 4.07. The molecule has 0 aliphatic carbocycles. The van der Waals surface area contributed by atoms with E-state index in [9.17, 15) is 4.79 Å². The third kappa shape index (κ3) is 4.12. The van der Waals surface area contributed by atoms with Crippen LogP contribution in [0.2, 0.25) is 0 Å². The van der Waals surface area contributed by atoms with Crippen LogP contribution in [0.4, 0.5) is 0 Å². The Kier molecular flexibility index (Phi) is 4.30. The zero-order chi connectivity index (χ0) is 11.3. The first-order chi connectivity index (χ1) is 7.09. The van der Waals surface area contributed by atoms with Gasteiger partial charge in [0.25, 0.3) is 5.91 Å². The summed E-state index contributed by atoms with van der Waals surface area (Å²) in [5, 5.41) is 3.76. The predicted molar refractivity (Wildman–Crippen MR) is 63.8 cm³/mol. The van der Waals surface area contributed by atoms with Crippen molar-refractivity contribution in [3.05, 3.63) is 34.3 Å². The zero-order valence-electron chi connectivity index (χ0n) is 8.57. The van der Waals surface area contributed by atoms with Gasteiger partial charge in [0.1, 0.15) is 6.34 Å². The van der Waals surface area contributed by atoms with Gasteiger partial charge in [0.2, 0.25) is 0 Å². The van der Waals surface area contributed by atoms with Crippen molar-refractivity contribution in [2.75, 3.05) is 14.1 Å². The van der Waals surface area contributed by atoms with Crippen molar-refractivity contribution < 1.29 is 4.79 Å². The summed E-state index contributed by atoms with van der Waals surface area (Å²) < 4.78 is 0.941. The van der Waals surface area contributed by atoms with Crippen LogP contribution in [-0.4, -0.2) is 31.2 Å². The molecule has 5 heteroatoms. The molecule has 0 aliphatic heterocycles. The number of amides is 1. The molecule has 1 amide bonds. The minimum absolute atomic E-state index is 0.222. The molecule has 1 rings (SSSR count). The SMILES string of the molecule is CN(C)C=NNC(=O)c1ccc(Br)cc1. The molecule has 80 valence electrons. The summed E-state index contributed by atoms with van der Waals surface area (Å²) in [6, 6.07) is 7.07. The standard InChI is InChI=1S/C10H12BrN3O/c1-14(2)7-12-13-10(15)8-3-5-9(11)6-4-8/h3-7H,1-2H3,(H,13,15). The molecule has 0 bridgehead atoms. The van der Waals surface area contributed by atoms with Crippen molar-refractivity contribution in [1.82, 2.24) is 10.3 Å². The van der Waals surface area contributed by atoms with Crippen molar-refractivity contribution in [2.24, 2.45) is 5.10 Å². The van der Waals surface area contributed by atoms with Crippen LogP contribution in [0.15, 0.2) is 33.8 Å². The van der Waals surface area contributed by atoms with E-state index in [1.54, 1.807) is 17.0 Å². The van der Waals surface area contributed by atoms with Crippen LogP contribution in [-0.2, 0) is 0 Å². The highest BCUT2D eigenvalue weighted by molar-refractivity contribution is 9.10. The number of nitrogens with zero attached hydrogens (tertiary/aromatic N) is 2. The van der Waals surface area contributed by atoms with E-state index in [-0.39, 0.29) is 5.91 Å². The van der Waals surface area contributed by atoms with Gasteiger partial charge in [0.05, 0.1) is 0 Å². The fourth-order valence-corrected chi connectivity index (χ4v) is 1.13. The molecule has 0 saturated heterocycles. The lowest BCUT2D eigenvalue weighted by molar-refractivity contribution is 0.0954. The second kappa shape index (κ2) is 5.50. The third-order valence-electron chi connectivity index (χ3n) is 1.56. The van der Waals surface area contributed by atoms with Gasteiger partial charge in [-0.05, 0) is 24.3 Å². The Balaban J connectivity index is 2.58. The molecule has 0 aromatic heterocycles. The number of carbonyl (C=O) groups excluding carboxylic acids is 1. The molecular formula is C10H12BrN3O. The molecule has 0 heterocycles. The largest absolute Gasteiger partial charge is 0.367 e. The van der Waals surface area contributed by atoms with Crippen LogP contribution in [0, 0.1) is 0 Å². The normalized spacial score (nSPS) is 10.3. The van der Waals surface area contributed by atoms with Gasteiger partial charge in [-0.15, -0.1) is 0 Å². The Bertz CT molecular complexity index is 359. The number of rotatable bonds is 3. The smallest absolute Gasteiger partial charge is 0.271 e. The lowest BCUT2D eigenvalue weighted by atomic mass is 10.2. The molecule has 4 nitrogen and oxygen atoms in total. The molecule has 0 aliphatic rings. The molecule has 0 fully saturated rings. The fraction of sp³-hybridized carbons (Fsp3) is 0.200. The summed E-state index contributed by atoms with van der Waals surface area (Å²) in [5.41, 5.74) is 3.00. The van der Waals surface area contributed by atoms with Gasteiger partial charge in [-0.2, -0.15) is 5.10 Å². The van der Waals surface area contributed by atoms with Gasteiger partial charge >= 0.3 is 0 Å².